The van der Waals surface area contributed by atoms with Gasteiger partial charge in [-0.05, 0) is 38.5 Å². The minimum absolute atomic E-state index is 0.00392. The molecular weight excluding hydrogens is 338 g/mol. The van der Waals surface area contributed by atoms with Crippen LogP contribution < -0.4 is 4.90 Å². The lowest BCUT2D eigenvalue weighted by atomic mass is 10.2. The van der Waals surface area contributed by atoms with E-state index in [4.69, 9.17) is 9.47 Å². The van der Waals surface area contributed by atoms with Crippen molar-refractivity contribution < 1.29 is 19.1 Å². The lowest BCUT2D eigenvalue weighted by molar-refractivity contribution is -0.142. The van der Waals surface area contributed by atoms with Gasteiger partial charge in [0.2, 0.25) is 0 Å². The second-order valence-electron chi connectivity index (χ2n) is 4.40. The molecule has 0 saturated heterocycles. The van der Waals surface area contributed by atoms with Gasteiger partial charge in [0.1, 0.15) is 13.1 Å². The summed E-state index contributed by atoms with van der Waals surface area (Å²) in [6, 6.07) is 5.70. The van der Waals surface area contributed by atoms with Crippen LogP contribution in [-0.2, 0) is 19.1 Å². The fourth-order valence-electron chi connectivity index (χ4n) is 1.87. The first-order chi connectivity index (χ1) is 9.97. The summed E-state index contributed by atoms with van der Waals surface area (Å²) >= 11 is 3.40. The maximum absolute atomic E-state index is 11.7. The number of esters is 2. The molecule has 0 saturated carbocycles. The van der Waals surface area contributed by atoms with Gasteiger partial charge in [-0.1, -0.05) is 22.0 Å². The molecule has 6 heteroatoms. The summed E-state index contributed by atoms with van der Waals surface area (Å²) in [5, 5.41) is 0. The number of anilines is 1. The number of aryl methyl sites for hydroxylation is 1. The van der Waals surface area contributed by atoms with Gasteiger partial charge in [-0.2, -0.15) is 0 Å². The van der Waals surface area contributed by atoms with Gasteiger partial charge >= 0.3 is 11.9 Å². The standard InChI is InChI=1S/C15H20BrNO4/c1-4-20-14(18)9-17(10-15(19)21-5-2)13-8-12(16)7-6-11(13)3/h6-8H,4-5,9-10H2,1-3H3. The van der Waals surface area contributed by atoms with Crippen molar-refractivity contribution in [3.63, 3.8) is 0 Å². The van der Waals surface area contributed by atoms with Gasteiger partial charge in [0.15, 0.2) is 0 Å². The largest absolute Gasteiger partial charge is 0.465 e. The van der Waals surface area contributed by atoms with E-state index < -0.39 is 0 Å². The Morgan fingerprint density at radius 3 is 2.10 bits per heavy atom. The van der Waals surface area contributed by atoms with Crippen molar-refractivity contribution in [3.8, 4) is 0 Å². The van der Waals surface area contributed by atoms with Crippen LogP contribution >= 0.6 is 15.9 Å². The Labute approximate surface area is 133 Å². The van der Waals surface area contributed by atoms with Gasteiger partial charge in [-0.15, -0.1) is 0 Å². The Morgan fingerprint density at radius 2 is 1.62 bits per heavy atom. The van der Waals surface area contributed by atoms with E-state index in [1.165, 1.54) is 0 Å². The summed E-state index contributed by atoms with van der Waals surface area (Å²) in [4.78, 5) is 25.1. The lowest BCUT2D eigenvalue weighted by Gasteiger charge is -2.24. The highest BCUT2D eigenvalue weighted by Gasteiger charge is 2.18. The number of rotatable bonds is 7. The number of carbonyl (C=O) groups is 2. The van der Waals surface area contributed by atoms with Crippen LogP contribution in [0.1, 0.15) is 19.4 Å². The molecule has 1 rings (SSSR count). The Hall–Kier alpha value is -1.56. The van der Waals surface area contributed by atoms with Crippen molar-refractivity contribution in [2.75, 3.05) is 31.2 Å². The zero-order chi connectivity index (χ0) is 15.8. The fraction of sp³-hybridized carbons (Fsp3) is 0.467. The molecule has 0 aromatic heterocycles. The number of halogens is 1. The highest BCUT2D eigenvalue weighted by molar-refractivity contribution is 9.10. The zero-order valence-electron chi connectivity index (χ0n) is 12.5. The number of ether oxygens (including phenoxy) is 2. The first-order valence-corrected chi connectivity index (χ1v) is 7.59. The second-order valence-corrected chi connectivity index (χ2v) is 5.31. The molecule has 0 bridgehead atoms. The average Bonchev–Trinajstić information content (AvgIpc) is 2.41. The molecule has 0 atom stereocenters. The summed E-state index contributed by atoms with van der Waals surface area (Å²) in [7, 11) is 0. The fourth-order valence-corrected chi connectivity index (χ4v) is 2.22. The predicted molar refractivity (Wildman–Crippen MR) is 84.4 cm³/mol. The maximum Gasteiger partial charge on any atom is 0.325 e. The molecule has 0 aliphatic carbocycles. The highest BCUT2D eigenvalue weighted by Crippen LogP contribution is 2.24. The molecule has 0 spiro atoms. The summed E-state index contributed by atoms with van der Waals surface area (Å²) in [6.07, 6.45) is 0. The van der Waals surface area contributed by atoms with E-state index in [9.17, 15) is 9.59 Å². The number of hydrogen-bond acceptors (Lipinski definition) is 5. The van der Waals surface area contributed by atoms with Gasteiger partial charge in [0, 0.05) is 10.2 Å². The predicted octanol–water partition coefficient (Wildman–Crippen LogP) is 2.69. The van der Waals surface area contributed by atoms with Crippen LogP contribution in [0.25, 0.3) is 0 Å². The van der Waals surface area contributed by atoms with Crippen molar-refractivity contribution in [2.45, 2.75) is 20.8 Å². The summed E-state index contributed by atoms with van der Waals surface area (Å²) in [6.45, 7) is 6.04. The minimum Gasteiger partial charge on any atom is -0.465 e. The molecule has 0 radical (unpaired) electrons. The van der Waals surface area contributed by atoms with E-state index in [2.05, 4.69) is 15.9 Å². The lowest BCUT2D eigenvalue weighted by Crippen LogP contribution is -2.36. The Bertz CT molecular complexity index is 484. The molecule has 0 fully saturated rings. The molecule has 0 unspecified atom stereocenters. The average molecular weight is 358 g/mol. The molecule has 0 aliphatic heterocycles. The molecule has 0 amide bonds. The van der Waals surface area contributed by atoms with E-state index >= 15 is 0 Å². The molecule has 1 aromatic rings. The van der Waals surface area contributed by atoms with Crippen LogP contribution in [0.15, 0.2) is 22.7 Å². The van der Waals surface area contributed by atoms with Crippen LogP contribution in [0, 0.1) is 6.92 Å². The van der Waals surface area contributed by atoms with E-state index in [1.54, 1.807) is 18.7 Å². The van der Waals surface area contributed by atoms with Gasteiger partial charge in [0.05, 0.1) is 13.2 Å². The van der Waals surface area contributed by atoms with Gasteiger partial charge in [-0.25, -0.2) is 0 Å². The van der Waals surface area contributed by atoms with E-state index in [1.807, 2.05) is 25.1 Å². The molecule has 0 aliphatic rings. The van der Waals surface area contributed by atoms with Crippen molar-refractivity contribution in [1.82, 2.24) is 0 Å². The van der Waals surface area contributed by atoms with Crippen molar-refractivity contribution in [2.24, 2.45) is 0 Å². The van der Waals surface area contributed by atoms with Crippen molar-refractivity contribution >= 4 is 33.6 Å². The third-order valence-corrected chi connectivity index (χ3v) is 3.26. The smallest absolute Gasteiger partial charge is 0.325 e. The molecule has 0 heterocycles. The van der Waals surface area contributed by atoms with E-state index in [0.29, 0.717) is 13.2 Å². The summed E-state index contributed by atoms with van der Waals surface area (Å²) in [5.74, 6) is -0.748. The maximum atomic E-state index is 11.7. The summed E-state index contributed by atoms with van der Waals surface area (Å²) < 4.78 is 10.8. The molecule has 5 nitrogen and oxygen atoms in total. The molecular formula is C15H20BrNO4. The van der Waals surface area contributed by atoms with Crippen LogP contribution in [-0.4, -0.2) is 38.2 Å². The quantitative estimate of drug-likeness (QED) is 0.702. The monoisotopic (exact) mass is 357 g/mol. The molecule has 21 heavy (non-hydrogen) atoms. The van der Waals surface area contributed by atoms with Crippen LogP contribution in [0.3, 0.4) is 0 Å². The van der Waals surface area contributed by atoms with Gasteiger partial charge in [-0.3, -0.25) is 9.59 Å². The summed E-state index contributed by atoms with van der Waals surface area (Å²) in [5.41, 5.74) is 1.76. The first kappa shape index (κ1) is 17.5. The van der Waals surface area contributed by atoms with E-state index in [0.717, 1.165) is 15.7 Å². The zero-order valence-corrected chi connectivity index (χ0v) is 14.1. The molecule has 116 valence electrons. The SMILES string of the molecule is CCOC(=O)CN(CC(=O)OCC)c1cc(Br)ccc1C. The Balaban J connectivity index is 2.96. The third-order valence-electron chi connectivity index (χ3n) is 2.76. The Morgan fingerprint density at radius 1 is 1.10 bits per heavy atom. The van der Waals surface area contributed by atoms with Crippen molar-refractivity contribution in [1.29, 1.82) is 0 Å². The number of hydrogen-bond donors (Lipinski definition) is 0. The molecule has 0 N–H and O–H groups in total. The molecule has 1 aromatic carbocycles. The normalized spacial score (nSPS) is 10.1. The number of benzene rings is 1. The van der Waals surface area contributed by atoms with Crippen LogP contribution in [0.4, 0.5) is 5.69 Å². The Kier molecular flexibility index (Phi) is 7.22. The highest BCUT2D eigenvalue weighted by atomic mass is 79.9. The topological polar surface area (TPSA) is 55.8 Å². The number of carbonyl (C=O) groups excluding carboxylic acids is 2. The first-order valence-electron chi connectivity index (χ1n) is 6.80. The van der Waals surface area contributed by atoms with E-state index in [-0.39, 0.29) is 25.0 Å². The van der Waals surface area contributed by atoms with Crippen molar-refractivity contribution in [3.05, 3.63) is 28.2 Å². The van der Waals surface area contributed by atoms with Crippen LogP contribution in [0.2, 0.25) is 0 Å². The van der Waals surface area contributed by atoms with Crippen LogP contribution in [0.5, 0.6) is 0 Å². The third kappa shape index (κ3) is 5.75. The van der Waals surface area contributed by atoms with Gasteiger partial charge < -0.3 is 14.4 Å². The second kappa shape index (κ2) is 8.67. The number of nitrogens with zero attached hydrogens (tertiary/aromatic N) is 1. The minimum atomic E-state index is -0.374. The van der Waals surface area contributed by atoms with Gasteiger partial charge in [0.25, 0.3) is 0 Å².